The second-order valence-electron chi connectivity index (χ2n) is 6.55. The van der Waals surface area contributed by atoms with Gasteiger partial charge in [0.1, 0.15) is 11.9 Å². The summed E-state index contributed by atoms with van der Waals surface area (Å²) in [5.41, 5.74) is 9.45. The van der Waals surface area contributed by atoms with Crippen LogP contribution in [0.1, 0.15) is 34.9 Å². The van der Waals surface area contributed by atoms with Crippen LogP contribution >= 0.6 is 22.9 Å². The maximum Gasteiger partial charge on any atom is 0.224 e. The fourth-order valence-corrected chi connectivity index (χ4v) is 4.83. The van der Waals surface area contributed by atoms with E-state index < -0.39 is 0 Å². The highest BCUT2D eigenvalue weighted by Gasteiger charge is 2.29. The SMILES string of the molecule is Cc1c([C@@H]2OCCC[C@H]2N)sc2c(NCc3ccccc3)nc(Cl)nc12. The molecule has 3 heterocycles. The average molecular weight is 389 g/mol. The molecule has 1 aliphatic rings. The number of hydrogen-bond donors (Lipinski definition) is 2. The van der Waals surface area contributed by atoms with Gasteiger partial charge in [0.05, 0.1) is 10.2 Å². The van der Waals surface area contributed by atoms with E-state index >= 15 is 0 Å². The molecular formula is C19H21ClN4OS. The van der Waals surface area contributed by atoms with E-state index in [0.717, 1.165) is 45.9 Å². The average Bonchev–Trinajstić information content (AvgIpc) is 2.98. The molecule has 0 saturated carbocycles. The maximum absolute atomic E-state index is 6.31. The zero-order chi connectivity index (χ0) is 18.1. The van der Waals surface area contributed by atoms with Crippen molar-refractivity contribution in [1.29, 1.82) is 0 Å². The topological polar surface area (TPSA) is 73.1 Å². The van der Waals surface area contributed by atoms with Crippen LogP contribution in [0.25, 0.3) is 10.2 Å². The standard InChI is InChI=1S/C19H21ClN4OS/c1-11-14-17(26-16(11)15-13(21)8-5-9-25-15)18(24-19(20)23-14)22-10-12-6-3-2-4-7-12/h2-4,6-7,13,15H,5,8-10,21H2,1H3,(H,22,23,24)/t13-,15-/m1/s1. The number of nitrogens with one attached hydrogen (secondary N) is 1. The van der Waals surface area contributed by atoms with Gasteiger partial charge >= 0.3 is 0 Å². The molecule has 1 aromatic carbocycles. The van der Waals surface area contributed by atoms with Crippen molar-refractivity contribution in [3.8, 4) is 0 Å². The number of rotatable bonds is 4. The molecule has 26 heavy (non-hydrogen) atoms. The minimum atomic E-state index is -0.0799. The molecule has 5 nitrogen and oxygen atoms in total. The van der Waals surface area contributed by atoms with Gasteiger partial charge in [-0.2, -0.15) is 4.98 Å². The van der Waals surface area contributed by atoms with Crippen molar-refractivity contribution in [2.75, 3.05) is 11.9 Å². The molecule has 0 radical (unpaired) electrons. The van der Waals surface area contributed by atoms with E-state index in [9.17, 15) is 0 Å². The zero-order valence-electron chi connectivity index (χ0n) is 14.5. The summed E-state index contributed by atoms with van der Waals surface area (Å²) in [7, 11) is 0. The predicted octanol–water partition coefficient (Wildman–Crippen LogP) is 4.44. The number of anilines is 1. The summed E-state index contributed by atoms with van der Waals surface area (Å²) >= 11 is 7.84. The van der Waals surface area contributed by atoms with Crippen molar-refractivity contribution in [2.45, 2.75) is 38.5 Å². The summed E-state index contributed by atoms with van der Waals surface area (Å²) in [6.07, 6.45) is 1.91. The third-order valence-corrected chi connectivity index (χ3v) is 6.22. The lowest BCUT2D eigenvalue weighted by atomic mass is 10.0. The first kappa shape index (κ1) is 17.7. The number of benzene rings is 1. The van der Waals surface area contributed by atoms with E-state index in [-0.39, 0.29) is 17.4 Å². The Balaban J connectivity index is 1.70. The number of fused-ring (bicyclic) bond motifs is 1. The van der Waals surface area contributed by atoms with E-state index in [1.807, 2.05) is 18.2 Å². The molecule has 0 spiro atoms. The van der Waals surface area contributed by atoms with Crippen molar-refractivity contribution in [3.05, 3.63) is 51.6 Å². The first-order chi connectivity index (χ1) is 12.6. The molecule has 1 aliphatic heterocycles. The Kier molecular flexibility index (Phi) is 5.09. The van der Waals surface area contributed by atoms with E-state index in [1.54, 1.807) is 11.3 Å². The van der Waals surface area contributed by atoms with Crippen LogP contribution in [0.5, 0.6) is 0 Å². The first-order valence-corrected chi connectivity index (χ1v) is 9.94. The number of aryl methyl sites for hydroxylation is 1. The second-order valence-corrected chi connectivity index (χ2v) is 7.94. The van der Waals surface area contributed by atoms with Crippen molar-refractivity contribution < 1.29 is 4.74 Å². The van der Waals surface area contributed by atoms with Gasteiger partial charge in [-0.25, -0.2) is 4.98 Å². The Labute approximate surface area is 161 Å². The molecule has 3 aromatic rings. The normalized spacial score (nSPS) is 20.4. The smallest absolute Gasteiger partial charge is 0.224 e. The first-order valence-electron chi connectivity index (χ1n) is 8.75. The van der Waals surface area contributed by atoms with Crippen LogP contribution in [0.15, 0.2) is 30.3 Å². The van der Waals surface area contributed by atoms with Crippen LogP contribution < -0.4 is 11.1 Å². The van der Waals surface area contributed by atoms with E-state index in [4.69, 9.17) is 22.1 Å². The van der Waals surface area contributed by atoms with Gasteiger partial charge in [0.2, 0.25) is 5.28 Å². The Hall–Kier alpha value is -1.73. The molecule has 136 valence electrons. The molecule has 1 fully saturated rings. The maximum atomic E-state index is 6.31. The largest absolute Gasteiger partial charge is 0.371 e. The molecule has 0 unspecified atom stereocenters. The van der Waals surface area contributed by atoms with E-state index in [2.05, 4.69) is 34.3 Å². The van der Waals surface area contributed by atoms with Crippen LogP contribution in [0.2, 0.25) is 5.28 Å². The molecule has 3 N–H and O–H groups in total. The monoisotopic (exact) mass is 388 g/mol. The highest BCUT2D eigenvalue weighted by molar-refractivity contribution is 7.19. The van der Waals surface area contributed by atoms with Crippen LogP contribution in [0.3, 0.4) is 0 Å². The number of nitrogens with zero attached hydrogens (tertiary/aromatic N) is 2. The van der Waals surface area contributed by atoms with Gasteiger partial charge in [-0.05, 0) is 42.5 Å². The highest BCUT2D eigenvalue weighted by atomic mass is 35.5. The molecule has 2 atom stereocenters. The minimum absolute atomic E-state index is 0.0136. The number of thiophene rings is 1. The number of aromatic nitrogens is 2. The highest BCUT2D eigenvalue weighted by Crippen LogP contribution is 2.41. The Morgan fingerprint density at radius 3 is 2.88 bits per heavy atom. The lowest BCUT2D eigenvalue weighted by Gasteiger charge is -2.28. The van der Waals surface area contributed by atoms with Gasteiger partial charge in [0.25, 0.3) is 0 Å². The van der Waals surface area contributed by atoms with Gasteiger partial charge in [0.15, 0.2) is 0 Å². The molecule has 7 heteroatoms. The van der Waals surface area contributed by atoms with Gasteiger partial charge in [-0.3, -0.25) is 0 Å². The lowest BCUT2D eigenvalue weighted by molar-refractivity contribution is 0.00207. The molecule has 1 saturated heterocycles. The Morgan fingerprint density at radius 1 is 1.31 bits per heavy atom. The van der Waals surface area contributed by atoms with Crippen molar-refractivity contribution in [3.63, 3.8) is 0 Å². The number of hydrogen-bond acceptors (Lipinski definition) is 6. The van der Waals surface area contributed by atoms with E-state index in [1.165, 1.54) is 5.56 Å². The fraction of sp³-hybridized carbons (Fsp3) is 0.368. The molecule has 2 aromatic heterocycles. The number of halogens is 1. The van der Waals surface area contributed by atoms with Crippen molar-refractivity contribution >= 4 is 39.0 Å². The minimum Gasteiger partial charge on any atom is -0.371 e. The van der Waals surface area contributed by atoms with Crippen LogP contribution in [0, 0.1) is 6.92 Å². The van der Waals surface area contributed by atoms with Crippen molar-refractivity contribution in [1.82, 2.24) is 9.97 Å². The molecular weight excluding hydrogens is 368 g/mol. The second kappa shape index (κ2) is 7.48. The summed E-state index contributed by atoms with van der Waals surface area (Å²) in [5, 5.41) is 3.65. The summed E-state index contributed by atoms with van der Waals surface area (Å²) in [4.78, 5) is 10.0. The zero-order valence-corrected chi connectivity index (χ0v) is 16.1. The van der Waals surface area contributed by atoms with Gasteiger partial charge in [-0.1, -0.05) is 30.3 Å². The third kappa shape index (κ3) is 3.42. The Morgan fingerprint density at radius 2 is 2.12 bits per heavy atom. The van der Waals surface area contributed by atoms with Crippen molar-refractivity contribution in [2.24, 2.45) is 5.73 Å². The lowest BCUT2D eigenvalue weighted by Crippen LogP contribution is -2.34. The van der Waals surface area contributed by atoms with Crippen LogP contribution in [0.4, 0.5) is 5.82 Å². The number of nitrogens with two attached hydrogens (primary N) is 1. The summed E-state index contributed by atoms with van der Waals surface area (Å²) in [6, 6.07) is 10.2. The van der Waals surface area contributed by atoms with E-state index in [0.29, 0.717) is 6.54 Å². The number of ether oxygens (including phenoxy) is 1. The predicted molar refractivity (Wildman–Crippen MR) is 107 cm³/mol. The quantitative estimate of drug-likeness (QED) is 0.646. The Bertz CT molecular complexity index is 915. The summed E-state index contributed by atoms with van der Waals surface area (Å²) < 4.78 is 6.97. The summed E-state index contributed by atoms with van der Waals surface area (Å²) in [5.74, 6) is 0.757. The summed E-state index contributed by atoms with van der Waals surface area (Å²) in [6.45, 7) is 3.48. The molecule has 0 aliphatic carbocycles. The molecule has 0 bridgehead atoms. The van der Waals surface area contributed by atoms with Crippen LogP contribution in [-0.2, 0) is 11.3 Å². The molecule has 4 rings (SSSR count). The fourth-order valence-electron chi connectivity index (χ4n) is 3.32. The van der Waals surface area contributed by atoms with Gasteiger partial charge in [0, 0.05) is 24.1 Å². The third-order valence-electron chi connectivity index (χ3n) is 4.70. The van der Waals surface area contributed by atoms with Gasteiger partial charge < -0.3 is 15.8 Å². The van der Waals surface area contributed by atoms with Crippen LogP contribution in [-0.4, -0.2) is 22.6 Å². The van der Waals surface area contributed by atoms with Gasteiger partial charge in [-0.15, -0.1) is 11.3 Å². The molecule has 0 amide bonds.